The number of rotatable bonds is 4. The highest BCUT2D eigenvalue weighted by molar-refractivity contribution is 5.92. The molecule has 0 spiro atoms. The molecule has 1 amide bonds. The van der Waals surface area contributed by atoms with E-state index in [0.717, 1.165) is 5.69 Å². The van der Waals surface area contributed by atoms with Gasteiger partial charge in [0.1, 0.15) is 5.69 Å². The van der Waals surface area contributed by atoms with Crippen molar-refractivity contribution in [2.75, 3.05) is 5.32 Å². The number of hydrogen-bond donors (Lipinski definition) is 2. The zero-order chi connectivity index (χ0) is 13.7. The Morgan fingerprint density at radius 2 is 2.00 bits per heavy atom. The molecule has 1 fully saturated rings. The minimum absolute atomic E-state index is 0.112. The number of nitrogens with zero attached hydrogens (tertiary/aromatic N) is 1. The van der Waals surface area contributed by atoms with E-state index in [-0.39, 0.29) is 11.9 Å². The SMILES string of the molecule is CC(C)NC(=O)c1ccc(NC2CCCCC2)cn1. The molecule has 1 aromatic rings. The molecule has 0 aromatic carbocycles. The van der Waals surface area contributed by atoms with Crippen molar-refractivity contribution in [2.24, 2.45) is 0 Å². The van der Waals surface area contributed by atoms with Gasteiger partial charge in [0.15, 0.2) is 0 Å². The lowest BCUT2D eigenvalue weighted by Crippen LogP contribution is -2.30. The van der Waals surface area contributed by atoms with Crippen LogP contribution in [0.4, 0.5) is 5.69 Å². The monoisotopic (exact) mass is 261 g/mol. The third-order valence-electron chi connectivity index (χ3n) is 3.39. The number of pyridine rings is 1. The van der Waals surface area contributed by atoms with E-state index >= 15 is 0 Å². The van der Waals surface area contributed by atoms with Crippen molar-refractivity contribution in [3.05, 3.63) is 24.0 Å². The van der Waals surface area contributed by atoms with Gasteiger partial charge in [0.25, 0.3) is 5.91 Å². The first-order valence-electron chi connectivity index (χ1n) is 7.18. The molecule has 19 heavy (non-hydrogen) atoms. The summed E-state index contributed by atoms with van der Waals surface area (Å²) in [6, 6.07) is 4.42. The Labute approximate surface area is 115 Å². The first-order chi connectivity index (χ1) is 9.15. The van der Waals surface area contributed by atoms with Crippen LogP contribution in [-0.4, -0.2) is 23.0 Å². The molecule has 0 radical (unpaired) electrons. The van der Waals surface area contributed by atoms with E-state index in [1.165, 1.54) is 32.1 Å². The van der Waals surface area contributed by atoms with Gasteiger partial charge in [-0.2, -0.15) is 0 Å². The number of amides is 1. The molecule has 2 N–H and O–H groups in total. The molecular weight excluding hydrogens is 238 g/mol. The van der Waals surface area contributed by atoms with Crippen LogP contribution >= 0.6 is 0 Å². The van der Waals surface area contributed by atoms with Gasteiger partial charge in [0.05, 0.1) is 11.9 Å². The number of nitrogens with one attached hydrogen (secondary N) is 2. The van der Waals surface area contributed by atoms with Crippen molar-refractivity contribution >= 4 is 11.6 Å². The van der Waals surface area contributed by atoms with E-state index in [2.05, 4.69) is 15.6 Å². The van der Waals surface area contributed by atoms with Crippen LogP contribution in [0.25, 0.3) is 0 Å². The van der Waals surface area contributed by atoms with Crippen molar-refractivity contribution in [3.8, 4) is 0 Å². The molecule has 1 aliphatic rings. The Morgan fingerprint density at radius 3 is 2.58 bits per heavy atom. The van der Waals surface area contributed by atoms with Gasteiger partial charge < -0.3 is 10.6 Å². The predicted octanol–water partition coefficient (Wildman–Crippen LogP) is 2.96. The summed E-state index contributed by atoms with van der Waals surface area (Å²) in [7, 11) is 0. The van der Waals surface area contributed by atoms with E-state index < -0.39 is 0 Å². The normalized spacial score (nSPS) is 16.4. The molecule has 0 aliphatic heterocycles. The largest absolute Gasteiger partial charge is 0.381 e. The first-order valence-corrected chi connectivity index (χ1v) is 7.18. The fourth-order valence-corrected chi connectivity index (χ4v) is 2.43. The molecule has 4 heteroatoms. The lowest BCUT2D eigenvalue weighted by Gasteiger charge is -2.23. The second kappa shape index (κ2) is 6.55. The smallest absolute Gasteiger partial charge is 0.270 e. The summed E-state index contributed by atoms with van der Waals surface area (Å²) in [6.07, 6.45) is 8.18. The number of anilines is 1. The Hall–Kier alpha value is -1.58. The van der Waals surface area contributed by atoms with Crippen LogP contribution in [0.15, 0.2) is 18.3 Å². The van der Waals surface area contributed by atoms with E-state index in [1.807, 2.05) is 19.9 Å². The Kier molecular flexibility index (Phi) is 4.77. The molecule has 0 atom stereocenters. The standard InChI is InChI=1S/C15H23N3O/c1-11(2)17-15(19)14-9-8-13(10-16-14)18-12-6-4-3-5-7-12/h8-12,18H,3-7H2,1-2H3,(H,17,19). The molecule has 1 aliphatic carbocycles. The molecule has 0 saturated heterocycles. The number of hydrogen-bond acceptors (Lipinski definition) is 3. The van der Waals surface area contributed by atoms with Crippen LogP contribution < -0.4 is 10.6 Å². The molecule has 2 rings (SSSR count). The maximum absolute atomic E-state index is 11.8. The lowest BCUT2D eigenvalue weighted by atomic mass is 9.95. The number of aromatic nitrogens is 1. The fraction of sp³-hybridized carbons (Fsp3) is 0.600. The average Bonchev–Trinajstić information content (AvgIpc) is 2.40. The van der Waals surface area contributed by atoms with E-state index in [9.17, 15) is 4.79 Å². The summed E-state index contributed by atoms with van der Waals surface area (Å²) in [5.74, 6) is -0.112. The number of carbonyl (C=O) groups excluding carboxylic acids is 1. The Morgan fingerprint density at radius 1 is 1.26 bits per heavy atom. The third kappa shape index (κ3) is 4.23. The molecule has 1 aromatic heterocycles. The first kappa shape index (κ1) is 13.8. The summed E-state index contributed by atoms with van der Waals surface area (Å²) in [6.45, 7) is 3.88. The zero-order valence-corrected chi connectivity index (χ0v) is 11.8. The van der Waals surface area contributed by atoms with Crippen LogP contribution in [0, 0.1) is 0 Å². The topological polar surface area (TPSA) is 54.0 Å². The molecule has 4 nitrogen and oxygen atoms in total. The second-order valence-corrected chi connectivity index (χ2v) is 5.54. The van der Waals surface area contributed by atoms with Gasteiger partial charge in [-0.15, -0.1) is 0 Å². The minimum Gasteiger partial charge on any atom is -0.381 e. The van der Waals surface area contributed by atoms with Crippen molar-refractivity contribution < 1.29 is 4.79 Å². The minimum atomic E-state index is -0.112. The van der Waals surface area contributed by atoms with Gasteiger partial charge in [-0.3, -0.25) is 4.79 Å². The van der Waals surface area contributed by atoms with Crippen LogP contribution in [-0.2, 0) is 0 Å². The number of carbonyl (C=O) groups is 1. The van der Waals surface area contributed by atoms with Gasteiger partial charge in [0, 0.05) is 12.1 Å². The summed E-state index contributed by atoms with van der Waals surface area (Å²) < 4.78 is 0. The van der Waals surface area contributed by atoms with Gasteiger partial charge in [-0.05, 0) is 38.8 Å². The van der Waals surface area contributed by atoms with E-state index in [4.69, 9.17) is 0 Å². The van der Waals surface area contributed by atoms with Crippen LogP contribution in [0.1, 0.15) is 56.4 Å². The highest BCUT2D eigenvalue weighted by Crippen LogP contribution is 2.21. The van der Waals surface area contributed by atoms with E-state index in [1.54, 1.807) is 12.3 Å². The van der Waals surface area contributed by atoms with Crippen molar-refractivity contribution in [3.63, 3.8) is 0 Å². The van der Waals surface area contributed by atoms with E-state index in [0.29, 0.717) is 11.7 Å². The van der Waals surface area contributed by atoms with Crippen LogP contribution in [0.2, 0.25) is 0 Å². The molecule has 0 unspecified atom stereocenters. The predicted molar refractivity (Wildman–Crippen MR) is 77.3 cm³/mol. The average molecular weight is 261 g/mol. The summed E-state index contributed by atoms with van der Waals surface area (Å²) in [5, 5.41) is 6.33. The molecule has 0 bridgehead atoms. The fourth-order valence-electron chi connectivity index (χ4n) is 2.43. The maximum atomic E-state index is 11.8. The highest BCUT2D eigenvalue weighted by atomic mass is 16.1. The van der Waals surface area contributed by atoms with Crippen molar-refractivity contribution in [1.82, 2.24) is 10.3 Å². The Bertz CT molecular complexity index is 408. The van der Waals surface area contributed by atoms with Crippen LogP contribution in [0.5, 0.6) is 0 Å². The molecule has 1 heterocycles. The third-order valence-corrected chi connectivity index (χ3v) is 3.39. The summed E-state index contributed by atoms with van der Waals surface area (Å²) >= 11 is 0. The molecular formula is C15H23N3O. The van der Waals surface area contributed by atoms with Gasteiger partial charge in [0.2, 0.25) is 0 Å². The van der Waals surface area contributed by atoms with Gasteiger partial charge in [-0.25, -0.2) is 4.98 Å². The van der Waals surface area contributed by atoms with Gasteiger partial charge in [-0.1, -0.05) is 19.3 Å². The zero-order valence-electron chi connectivity index (χ0n) is 11.8. The second-order valence-electron chi connectivity index (χ2n) is 5.54. The van der Waals surface area contributed by atoms with Gasteiger partial charge >= 0.3 is 0 Å². The highest BCUT2D eigenvalue weighted by Gasteiger charge is 2.13. The summed E-state index contributed by atoms with van der Waals surface area (Å²) in [5.41, 5.74) is 1.48. The summed E-state index contributed by atoms with van der Waals surface area (Å²) in [4.78, 5) is 16.0. The molecule has 104 valence electrons. The lowest BCUT2D eigenvalue weighted by molar-refractivity contribution is 0.0938. The Balaban J connectivity index is 1.92. The van der Waals surface area contributed by atoms with Crippen molar-refractivity contribution in [2.45, 2.75) is 58.0 Å². The molecule has 1 saturated carbocycles. The quantitative estimate of drug-likeness (QED) is 0.876. The van der Waals surface area contributed by atoms with Crippen LogP contribution in [0.3, 0.4) is 0 Å². The van der Waals surface area contributed by atoms with Crippen molar-refractivity contribution in [1.29, 1.82) is 0 Å². The maximum Gasteiger partial charge on any atom is 0.270 e.